The Labute approximate surface area is 145 Å². The Hall–Kier alpha value is -3.38. The summed E-state index contributed by atoms with van der Waals surface area (Å²) in [5, 5.41) is 1.48. The fourth-order valence-electron chi connectivity index (χ4n) is 2.75. The van der Waals surface area contributed by atoms with Gasteiger partial charge < -0.3 is 4.98 Å². The maximum atomic E-state index is 6.22. The molecule has 6 heteroatoms. The van der Waals surface area contributed by atoms with E-state index < -0.39 is 0 Å². The zero-order valence-corrected chi connectivity index (χ0v) is 13.8. The van der Waals surface area contributed by atoms with Gasteiger partial charge in [-0.1, -0.05) is 48.5 Å². The minimum atomic E-state index is 0.625. The molecular formula is C19H18N6. The molecule has 0 spiro atoms. The molecule has 0 saturated heterocycles. The summed E-state index contributed by atoms with van der Waals surface area (Å²) < 4.78 is 0. The van der Waals surface area contributed by atoms with Crippen LogP contribution in [0.15, 0.2) is 66.9 Å². The quantitative estimate of drug-likeness (QED) is 0.393. The molecule has 0 unspecified atom stereocenters. The minimum absolute atomic E-state index is 0.625. The van der Waals surface area contributed by atoms with Crippen molar-refractivity contribution in [2.24, 2.45) is 5.84 Å². The summed E-state index contributed by atoms with van der Waals surface area (Å²) >= 11 is 0. The number of nitrogens with zero attached hydrogens (tertiary/aromatic N) is 3. The van der Waals surface area contributed by atoms with Crippen LogP contribution < -0.4 is 16.4 Å². The van der Waals surface area contributed by atoms with Gasteiger partial charge in [-0.05, 0) is 24.6 Å². The van der Waals surface area contributed by atoms with E-state index in [2.05, 4.69) is 20.4 Å². The normalized spacial score (nSPS) is 10.8. The van der Waals surface area contributed by atoms with Crippen molar-refractivity contribution in [2.45, 2.75) is 6.92 Å². The lowest BCUT2D eigenvalue weighted by molar-refractivity contribution is 0.968. The van der Waals surface area contributed by atoms with Crippen LogP contribution in [-0.2, 0) is 0 Å². The highest BCUT2D eigenvalue weighted by molar-refractivity contribution is 5.88. The summed E-state index contributed by atoms with van der Waals surface area (Å²) in [6.45, 7) is 2.01. The predicted octanol–water partition coefficient (Wildman–Crippen LogP) is 3.64. The van der Waals surface area contributed by atoms with Crippen molar-refractivity contribution in [3.8, 4) is 11.4 Å². The Morgan fingerprint density at radius 1 is 0.960 bits per heavy atom. The van der Waals surface area contributed by atoms with Crippen molar-refractivity contribution in [2.75, 3.05) is 10.5 Å². The lowest BCUT2D eigenvalue weighted by Crippen LogP contribution is -2.37. The van der Waals surface area contributed by atoms with Gasteiger partial charge in [-0.2, -0.15) is 0 Å². The number of H-pyrrole nitrogens is 1. The molecule has 0 saturated carbocycles. The zero-order chi connectivity index (χ0) is 17.2. The molecule has 0 atom stereocenters. The Morgan fingerprint density at radius 2 is 1.72 bits per heavy atom. The summed E-state index contributed by atoms with van der Waals surface area (Å²) in [4.78, 5) is 12.5. The molecule has 25 heavy (non-hydrogen) atoms. The summed E-state index contributed by atoms with van der Waals surface area (Å²) in [6, 6.07) is 19.7. The van der Waals surface area contributed by atoms with Crippen LogP contribution in [0.25, 0.3) is 22.4 Å². The van der Waals surface area contributed by atoms with Crippen LogP contribution in [0.2, 0.25) is 0 Å². The highest BCUT2D eigenvalue weighted by Gasteiger charge is 2.13. The molecule has 0 radical (unpaired) electrons. The molecule has 0 fully saturated rings. The van der Waals surface area contributed by atoms with Crippen molar-refractivity contribution >= 4 is 22.5 Å². The molecule has 0 aliphatic carbocycles. The van der Waals surface area contributed by atoms with Crippen LogP contribution in [0, 0.1) is 6.92 Å². The number of aryl methyl sites for hydroxylation is 1. The number of nitrogens with two attached hydrogens (primary N) is 1. The Bertz CT molecular complexity index is 1010. The number of benzene rings is 2. The molecule has 4 N–H and O–H groups in total. The highest BCUT2D eigenvalue weighted by atomic mass is 15.7. The number of hydrazine groups is 2. The smallest absolute Gasteiger partial charge is 0.174 e. The van der Waals surface area contributed by atoms with E-state index in [0.29, 0.717) is 11.6 Å². The average Bonchev–Trinajstić information content (AvgIpc) is 3.11. The summed E-state index contributed by atoms with van der Waals surface area (Å²) in [7, 11) is 0. The number of para-hydroxylation sites is 1. The second-order valence-corrected chi connectivity index (χ2v) is 5.77. The van der Waals surface area contributed by atoms with Gasteiger partial charge in [0.1, 0.15) is 5.52 Å². The van der Waals surface area contributed by atoms with Crippen LogP contribution in [-0.4, -0.2) is 15.0 Å². The lowest BCUT2D eigenvalue weighted by Gasteiger charge is -2.22. The van der Waals surface area contributed by atoms with Gasteiger partial charge in [0.15, 0.2) is 11.6 Å². The number of hydrogen-bond acceptors (Lipinski definition) is 5. The van der Waals surface area contributed by atoms with Crippen molar-refractivity contribution in [3.05, 3.63) is 72.4 Å². The molecule has 0 bridgehead atoms. The van der Waals surface area contributed by atoms with Gasteiger partial charge in [0.25, 0.3) is 0 Å². The third-order valence-electron chi connectivity index (χ3n) is 4.04. The van der Waals surface area contributed by atoms with Crippen molar-refractivity contribution < 1.29 is 0 Å². The van der Waals surface area contributed by atoms with E-state index >= 15 is 0 Å². The largest absolute Gasteiger partial charge is 0.357 e. The Morgan fingerprint density at radius 3 is 2.52 bits per heavy atom. The molecule has 2 aromatic heterocycles. The van der Waals surface area contributed by atoms with E-state index in [0.717, 1.165) is 27.8 Å². The topological polar surface area (TPSA) is 82.9 Å². The van der Waals surface area contributed by atoms with Gasteiger partial charge in [-0.15, -0.1) is 0 Å². The summed E-state index contributed by atoms with van der Waals surface area (Å²) in [5.74, 6) is 7.50. The first-order valence-electron chi connectivity index (χ1n) is 8.00. The zero-order valence-electron chi connectivity index (χ0n) is 13.8. The fraction of sp³-hybridized carbons (Fsp3) is 0.0526. The Kier molecular flexibility index (Phi) is 3.80. The third-order valence-corrected chi connectivity index (χ3v) is 4.04. The van der Waals surface area contributed by atoms with Crippen LogP contribution in [0.4, 0.5) is 11.5 Å². The summed E-state index contributed by atoms with van der Waals surface area (Å²) in [6.07, 6.45) is 1.84. The van der Waals surface area contributed by atoms with Gasteiger partial charge in [0, 0.05) is 11.8 Å². The van der Waals surface area contributed by atoms with Gasteiger partial charge in [0.05, 0.1) is 11.2 Å². The number of aromatic amines is 1. The van der Waals surface area contributed by atoms with Gasteiger partial charge in [-0.25, -0.2) is 20.9 Å². The molecule has 4 rings (SSSR count). The second-order valence-electron chi connectivity index (χ2n) is 5.77. The molecule has 124 valence electrons. The number of fused-ring (bicyclic) bond motifs is 1. The molecule has 2 heterocycles. The standard InChI is InChI=1S/C19H18N6/c1-13-7-5-6-10-16(13)25(20)24-19-17-15(11-12-21-17)22-18(23-19)14-8-3-2-4-9-14/h2-12,21H,20H2,1H3,(H,22,23,24). The minimum Gasteiger partial charge on any atom is -0.357 e. The second kappa shape index (κ2) is 6.26. The molecule has 2 aromatic carbocycles. The number of hydrogen-bond donors (Lipinski definition) is 3. The molecule has 4 aromatic rings. The van der Waals surface area contributed by atoms with E-state index in [-0.39, 0.29) is 0 Å². The first kappa shape index (κ1) is 15.2. The summed E-state index contributed by atoms with van der Waals surface area (Å²) in [5.41, 5.74) is 7.70. The maximum absolute atomic E-state index is 6.22. The number of aromatic nitrogens is 3. The van der Waals surface area contributed by atoms with Crippen molar-refractivity contribution in [3.63, 3.8) is 0 Å². The monoisotopic (exact) mass is 330 g/mol. The van der Waals surface area contributed by atoms with Crippen LogP contribution in [0.3, 0.4) is 0 Å². The number of nitrogens with one attached hydrogen (secondary N) is 2. The van der Waals surface area contributed by atoms with Crippen molar-refractivity contribution in [1.29, 1.82) is 0 Å². The van der Waals surface area contributed by atoms with E-state index in [4.69, 9.17) is 5.84 Å². The van der Waals surface area contributed by atoms with E-state index in [1.807, 2.05) is 73.8 Å². The first-order valence-corrected chi connectivity index (χ1v) is 8.00. The molecule has 0 aliphatic heterocycles. The van der Waals surface area contributed by atoms with Crippen LogP contribution in [0.5, 0.6) is 0 Å². The molecular weight excluding hydrogens is 312 g/mol. The lowest BCUT2D eigenvalue weighted by atomic mass is 10.2. The van der Waals surface area contributed by atoms with Crippen molar-refractivity contribution in [1.82, 2.24) is 15.0 Å². The fourth-order valence-corrected chi connectivity index (χ4v) is 2.75. The Balaban J connectivity index is 1.76. The van der Waals surface area contributed by atoms with E-state index in [1.54, 1.807) is 0 Å². The van der Waals surface area contributed by atoms with Gasteiger partial charge >= 0.3 is 0 Å². The highest BCUT2D eigenvalue weighted by Crippen LogP contribution is 2.25. The third kappa shape index (κ3) is 2.90. The maximum Gasteiger partial charge on any atom is 0.174 e. The average molecular weight is 330 g/mol. The first-order chi connectivity index (χ1) is 12.2. The molecule has 6 nitrogen and oxygen atoms in total. The van der Waals surface area contributed by atoms with Gasteiger partial charge in [-0.3, -0.25) is 5.43 Å². The van der Waals surface area contributed by atoms with Gasteiger partial charge in [0.2, 0.25) is 0 Å². The number of rotatable bonds is 4. The van der Waals surface area contributed by atoms with Crippen LogP contribution >= 0.6 is 0 Å². The van der Waals surface area contributed by atoms with E-state index in [9.17, 15) is 0 Å². The number of anilines is 2. The van der Waals surface area contributed by atoms with Crippen LogP contribution in [0.1, 0.15) is 5.56 Å². The molecule has 0 amide bonds. The molecule has 0 aliphatic rings. The van der Waals surface area contributed by atoms with E-state index in [1.165, 1.54) is 5.12 Å². The SMILES string of the molecule is Cc1ccccc1N(N)Nc1nc(-c2ccccc2)nc2cc[nH]c12. The predicted molar refractivity (Wildman–Crippen MR) is 101 cm³/mol.